The number of rotatable bonds is 6. The maximum absolute atomic E-state index is 13.4. The second-order valence-electron chi connectivity index (χ2n) is 4.09. The summed E-state index contributed by atoms with van der Waals surface area (Å²) in [7, 11) is 1.39. The molecule has 0 heterocycles. The molecule has 0 fully saturated rings. The zero-order chi connectivity index (χ0) is 13.5. The van der Waals surface area contributed by atoms with Gasteiger partial charge in [-0.05, 0) is 18.6 Å². The van der Waals surface area contributed by atoms with E-state index in [-0.39, 0.29) is 11.7 Å². The monoisotopic (exact) mass is 254 g/mol. The maximum atomic E-state index is 13.4. The fourth-order valence-electron chi connectivity index (χ4n) is 1.53. The molecule has 0 bridgehead atoms. The van der Waals surface area contributed by atoms with E-state index < -0.39 is 11.9 Å². The lowest BCUT2D eigenvalue weighted by Gasteiger charge is -2.12. The van der Waals surface area contributed by atoms with Gasteiger partial charge in [0.15, 0.2) is 11.6 Å². The quantitative estimate of drug-likeness (QED) is 0.818. The Hall–Kier alpha value is -1.62. The van der Waals surface area contributed by atoms with Crippen LogP contribution in [0.2, 0.25) is 0 Å². The number of anilines is 1. The number of nitrogens with one attached hydrogen (secondary N) is 1. The van der Waals surface area contributed by atoms with Gasteiger partial charge in [-0.1, -0.05) is 19.8 Å². The Morgan fingerprint density at radius 2 is 2.28 bits per heavy atom. The molecule has 0 saturated carbocycles. The fourth-order valence-corrected chi connectivity index (χ4v) is 1.53. The summed E-state index contributed by atoms with van der Waals surface area (Å²) in [5, 5.41) is 2.58. The predicted octanol–water partition coefficient (Wildman–Crippen LogP) is 2.29. The summed E-state index contributed by atoms with van der Waals surface area (Å²) in [5.41, 5.74) is 6.09. The third kappa shape index (κ3) is 4.00. The standard InChI is InChI=1S/C13H19FN2O2/c1-3-4-5-11(15)13(17)16-9-6-7-12(18-2)10(14)8-9/h6-8,11H,3-5,15H2,1-2H3,(H,16,17)/t11-/m0/s1. The first-order chi connectivity index (χ1) is 8.58. The average molecular weight is 254 g/mol. The van der Waals surface area contributed by atoms with Crippen LogP contribution in [-0.2, 0) is 4.79 Å². The van der Waals surface area contributed by atoms with Gasteiger partial charge >= 0.3 is 0 Å². The molecule has 1 aromatic carbocycles. The minimum absolute atomic E-state index is 0.142. The first kappa shape index (κ1) is 14.4. The normalized spacial score (nSPS) is 12.0. The molecule has 0 unspecified atom stereocenters. The SMILES string of the molecule is CCCC[C@H](N)C(=O)Nc1ccc(OC)c(F)c1. The first-order valence-corrected chi connectivity index (χ1v) is 5.98. The molecule has 1 aromatic rings. The van der Waals surface area contributed by atoms with Crippen molar-refractivity contribution in [1.82, 2.24) is 0 Å². The van der Waals surface area contributed by atoms with Crippen molar-refractivity contribution in [2.75, 3.05) is 12.4 Å². The summed E-state index contributed by atoms with van der Waals surface area (Å²) in [6, 6.07) is 3.69. The van der Waals surface area contributed by atoms with Gasteiger partial charge in [0, 0.05) is 11.8 Å². The smallest absolute Gasteiger partial charge is 0.241 e. The van der Waals surface area contributed by atoms with E-state index in [1.54, 1.807) is 6.07 Å². The molecule has 4 nitrogen and oxygen atoms in total. The van der Waals surface area contributed by atoms with Crippen molar-refractivity contribution in [2.45, 2.75) is 32.2 Å². The van der Waals surface area contributed by atoms with E-state index >= 15 is 0 Å². The van der Waals surface area contributed by atoms with E-state index in [4.69, 9.17) is 10.5 Å². The molecule has 0 aliphatic carbocycles. The summed E-state index contributed by atoms with van der Waals surface area (Å²) >= 11 is 0. The Labute approximate surface area is 106 Å². The number of hydrogen-bond donors (Lipinski definition) is 2. The number of carbonyl (C=O) groups is 1. The van der Waals surface area contributed by atoms with Crippen LogP contribution in [0.3, 0.4) is 0 Å². The number of nitrogens with two attached hydrogens (primary N) is 1. The van der Waals surface area contributed by atoms with Crippen molar-refractivity contribution in [3.8, 4) is 5.75 Å². The second kappa shape index (κ2) is 6.96. The van der Waals surface area contributed by atoms with Crippen LogP contribution in [0.25, 0.3) is 0 Å². The molecule has 0 aliphatic rings. The Bertz CT molecular complexity index is 410. The summed E-state index contributed by atoms with van der Waals surface area (Å²) in [6.45, 7) is 2.03. The second-order valence-corrected chi connectivity index (χ2v) is 4.09. The number of benzene rings is 1. The van der Waals surface area contributed by atoms with Crippen molar-refractivity contribution in [1.29, 1.82) is 0 Å². The molecular formula is C13H19FN2O2. The Balaban J connectivity index is 2.61. The highest BCUT2D eigenvalue weighted by molar-refractivity contribution is 5.94. The van der Waals surface area contributed by atoms with Crippen LogP contribution in [0.1, 0.15) is 26.2 Å². The molecule has 0 aliphatic heterocycles. The maximum Gasteiger partial charge on any atom is 0.241 e. The van der Waals surface area contributed by atoms with Gasteiger partial charge in [-0.15, -0.1) is 0 Å². The van der Waals surface area contributed by atoms with Gasteiger partial charge < -0.3 is 15.8 Å². The van der Waals surface area contributed by atoms with Crippen LogP contribution in [0.5, 0.6) is 5.75 Å². The third-order valence-corrected chi connectivity index (χ3v) is 2.62. The Kier molecular flexibility index (Phi) is 5.58. The van der Waals surface area contributed by atoms with Gasteiger partial charge in [-0.2, -0.15) is 0 Å². The van der Waals surface area contributed by atoms with E-state index in [2.05, 4.69) is 5.32 Å². The molecule has 18 heavy (non-hydrogen) atoms. The van der Waals surface area contributed by atoms with E-state index in [0.29, 0.717) is 12.1 Å². The first-order valence-electron chi connectivity index (χ1n) is 5.98. The van der Waals surface area contributed by atoms with Crippen molar-refractivity contribution in [2.24, 2.45) is 5.73 Å². The lowest BCUT2D eigenvalue weighted by atomic mass is 10.1. The number of halogens is 1. The zero-order valence-corrected chi connectivity index (χ0v) is 10.7. The van der Waals surface area contributed by atoms with Crippen molar-refractivity contribution < 1.29 is 13.9 Å². The van der Waals surface area contributed by atoms with Crippen LogP contribution in [0.4, 0.5) is 10.1 Å². The molecule has 0 radical (unpaired) electrons. The minimum Gasteiger partial charge on any atom is -0.494 e. The topological polar surface area (TPSA) is 64.4 Å². The summed E-state index contributed by atoms with van der Waals surface area (Å²) in [4.78, 5) is 11.7. The highest BCUT2D eigenvalue weighted by Crippen LogP contribution is 2.20. The highest BCUT2D eigenvalue weighted by atomic mass is 19.1. The van der Waals surface area contributed by atoms with Gasteiger partial charge in [0.1, 0.15) is 0 Å². The summed E-state index contributed by atoms with van der Waals surface area (Å²) in [6.07, 6.45) is 2.50. The molecule has 3 N–H and O–H groups in total. The van der Waals surface area contributed by atoms with Crippen LogP contribution >= 0.6 is 0 Å². The summed E-state index contributed by atoms with van der Waals surface area (Å²) < 4.78 is 18.2. The van der Waals surface area contributed by atoms with Gasteiger partial charge in [-0.3, -0.25) is 4.79 Å². The van der Waals surface area contributed by atoms with Gasteiger partial charge in [0.05, 0.1) is 13.2 Å². The van der Waals surface area contributed by atoms with Crippen LogP contribution in [-0.4, -0.2) is 19.1 Å². The average Bonchev–Trinajstić information content (AvgIpc) is 2.36. The number of unbranched alkanes of at least 4 members (excludes halogenated alkanes) is 1. The number of carbonyl (C=O) groups excluding carboxylic acids is 1. The molecule has 5 heteroatoms. The molecular weight excluding hydrogens is 235 g/mol. The van der Waals surface area contributed by atoms with E-state index in [1.165, 1.54) is 19.2 Å². The number of hydrogen-bond acceptors (Lipinski definition) is 3. The third-order valence-electron chi connectivity index (χ3n) is 2.62. The molecule has 0 saturated heterocycles. The number of amides is 1. The van der Waals surface area contributed by atoms with Gasteiger partial charge in [0.2, 0.25) is 5.91 Å². The van der Waals surface area contributed by atoms with Gasteiger partial charge in [0.25, 0.3) is 0 Å². The lowest BCUT2D eigenvalue weighted by Crippen LogP contribution is -2.35. The number of methoxy groups -OCH3 is 1. The van der Waals surface area contributed by atoms with E-state index in [9.17, 15) is 9.18 Å². The summed E-state index contributed by atoms with van der Waals surface area (Å²) in [5.74, 6) is -0.672. The van der Waals surface area contributed by atoms with Crippen molar-refractivity contribution in [3.05, 3.63) is 24.0 Å². The molecule has 0 spiro atoms. The number of ether oxygens (including phenoxy) is 1. The molecule has 100 valence electrons. The van der Waals surface area contributed by atoms with Crippen molar-refractivity contribution >= 4 is 11.6 Å². The molecule has 1 atom stereocenters. The largest absolute Gasteiger partial charge is 0.494 e. The fraction of sp³-hybridized carbons (Fsp3) is 0.462. The minimum atomic E-state index is -0.560. The molecule has 1 rings (SSSR count). The molecule has 0 aromatic heterocycles. The Morgan fingerprint density at radius 1 is 1.56 bits per heavy atom. The predicted molar refractivity (Wildman–Crippen MR) is 69.1 cm³/mol. The van der Waals surface area contributed by atoms with Crippen LogP contribution in [0.15, 0.2) is 18.2 Å². The van der Waals surface area contributed by atoms with Crippen molar-refractivity contribution in [3.63, 3.8) is 0 Å². The Morgan fingerprint density at radius 3 is 2.83 bits per heavy atom. The van der Waals surface area contributed by atoms with Gasteiger partial charge in [-0.25, -0.2) is 4.39 Å². The molecule has 1 amide bonds. The lowest BCUT2D eigenvalue weighted by molar-refractivity contribution is -0.117. The van der Waals surface area contributed by atoms with Crippen LogP contribution in [0, 0.1) is 5.82 Å². The highest BCUT2D eigenvalue weighted by Gasteiger charge is 2.13. The van der Waals surface area contributed by atoms with E-state index in [1.807, 2.05) is 6.92 Å². The van der Waals surface area contributed by atoms with E-state index in [0.717, 1.165) is 12.8 Å². The zero-order valence-electron chi connectivity index (χ0n) is 10.7. The van der Waals surface area contributed by atoms with Crippen LogP contribution < -0.4 is 15.8 Å².